The number of nitrogens with one attached hydrogen (secondary N) is 3. The highest BCUT2D eigenvalue weighted by Crippen LogP contribution is 2.25. The third kappa shape index (κ3) is 5.89. The molecule has 3 N–H and O–H groups in total. The highest BCUT2D eigenvalue weighted by Gasteiger charge is 2.22. The molecule has 1 fully saturated rings. The number of fused-ring (bicyclic) bond motifs is 1. The average molecular weight is 500 g/mol. The van der Waals surface area contributed by atoms with E-state index in [4.69, 9.17) is 4.74 Å². The molecule has 0 bridgehead atoms. The summed E-state index contributed by atoms with van der Waals surface area (Å²) in [5.74, 6) is 0.991. The van der Waals surface area contributed by atoms with Gasteiger partial charge in [-0.3, -0.25) is 4.79 Å². The van der Waals surface area contributed by atoms with E-state index in [9.17, 15) is 4.79 Å². The SMILES string of the molecule is CCOC(=O)CNC1CCC(Nc2ncc3ncnc(Nc4cccc(Br)c4)c3n2)CC1. The molecule has 0 amide bonds. The summed E-state index contributed by atoms with van der Waals surface area (Å²) in [7, 11) is 0. The van der Waals surface area contributed by atoms with Crippen LogP contribution in [0.1, 0.15) is 32.6 Å². The van der Waals surface area contributed by atoms with Crippen molar-refractivity contribution in [1.82, 2.24) is 25.3 Å². The van der Waals surface area contributed by atoms with Gasteiger partial charge in [0.05, 0.1) is 19.3 Å². The van der Waals surface area contributed by atoms with Crippen molar-refractivity contribution in [1.29, 1.82) is 0 Å². The lowest BCUT2D eigenvalue weighted by Crippen LogP contribution is -2.39. The number of ether oxygens (including phenoxy) is 1. The van der Waals surface area contributed by atoms with Crippen molar-refractivity contribution < 1.29 is 9.53 Å². The zero-order chi connectivity index (χ0) is 22.3. The molecular formula is C22H26BrN7O2. The summed E-state index contributed by atoms with van der Waals surface area (Å²) in [6.45, 7) is 2.49. The van der Waals surface area contributed by atoms with Gasteiger partial charge in [0, 0.05) is 22.2 Å². The molecule has 2 heterocycles. The minimum Gasteiger partial charge on any atom is -0.465 e. The largest absolute Gasteiger partial charge is 0.465 e. The van der Waals surface area contributed by atoms with Crippen LogP contribution in [-0.4, -0.2) is 51.1 Å². The van der Waals surface area contributed by atoms with Gasteiger partial charge >= 0.3 is 5.97 Å². The molecule has 0 saturated heterocycles. The molecule has 168 valence electrons. The second-order valence-corrected chi connectivity index (χ2v) is 8.58. The predicted octanol–water partition coefficient (Wildman–Crippen LogP) is 3.80. The molecule has 0 atom stereocenters. The fraction of sp³-hybridized carbons (Fsp3) is 0.409. The maximum absolute atomic E-state index is 11.5. The quantitative estimate of drug-likeness (QED) is 0.398. The van der Waals surface area contributed by atoms with Crippen LogP contribution in [0.3, 0.4) is 0 Å². The molecule has 4 rings (SSSR count). The third-order valence-electron chi connectivity index (χ3n) is 5.37. The third-order valence-corrected chi connectivity index (χ3v) is 5.86. The molecule has 32 heavy (non-hydrogen) atoms. The van der Waals surface area contributed by atoms with Gasteiger partial charge in [0.15, 0.2) is 5.82 Å². The van der Waals surface area contributed by atoms with Crippen molar-refractivity contribution in [2.45, 2.75) is 44.7 Å². The summed E-state index contributed by atoms with van der Waals surface area (Å²) in [6, 6.07) is 8.46. The standard InChI is InChI=1S/C22H26BrN7O2/c1-2-32-19(31)12-24-15-6-8-16(9-7-15)29-22-25-11-18-20(30-22)21(27-13-26-18)28-17-5-3-4-14(23)10-17/h3-5,10-11,13,15-16,24H,2,6-9,12H2,1H3,(H,25,29,30)(H,26,27,28). The Hall–Kier alpha value is -2.85. The highest BCUT2D eigenvalue weighted by molar-refractivity contribution is 9.10. The molecule has 0 radical (unpaired) electrons. The molecule has 9 nitrogen and oxygen atoms in total. The van der Waals surface area contributed by atoms with Crippen LogP contribution in [0, 0.1) is 0 Å². The Balaban J connectivity index is 1.38. The molecule has 3 aromatic rings. The van der Waals surface area contributed by atoms with Crippen LogP contribution < -0.4 is 16.0 Å². The van der Waals surface area contributed by atoms with Gasteiger partial charge in [-0.1, -0.05) is 22.0 Å². The molecular weight excluding hydrogens is 474 g/mol. The van der Waals surface area contributed by atoms with Crippen LogP contribution >= 0.6 is 15.9 Å². The zero-order valence-corrected chi connectivity index (χ0v) is 19.4. The first kappa shape index (κ1) is 22.3. The number of halogens is 1. The Morgan fingerprint density at radius 1 is 1.16 bits per heavy atom. The maximum atomic E-state index is 11.5. The van der Waals surface area contributed by atoms with Gasteiger partial charge in [-0.2, -0.15) is 0 Å². The van der Waals surface area contributed by atoms with Crippen molar-refractivity contribution in [3.8, 4) is 0 Å². The summed E-state index contributed by atoms with van der Waals surface area (Å²) < 4.78 is 5.95. The van der Waals surface area contributed by atoms with Gasteiger partial charge in [-0.15, -0.1) is 0 Å². The Kier molecular flexibility index (Phi) is 7.43. The molecule has 1 aromatic carbocycles. The first-order valence-corrected chi connectivity index (χ1v) is 11.6. The van der Waals surface area contributed by atoms with Crippen molar-refractivity contribution in [3.63, 3.8) is 0 Å². The summed E-state index contributed by atoms with van der Waals surface area (Å²) in [4.78, 5) is 29.3. The predicted molar refractivity (Wildman–Crippen MR) is 127 cm³/mol. The van der Waals surface area contributed by atoms with Gasteiger partial charge in [0.1, 0.15) is 17.4 Å². The van der Waals surface area contributed by atoms with Crippen LogP contribution in [0.15, 0.2) is 41.3 Å². The Morgan fingerprint density at radius 2 is 1.97 bits per heavy atom. The van der Waals surface area contributed by atoms with E-state index in [1.165, 1.54) is 6.33 Å². The van der Waals surface area contributed by atoms with Crippen molar-refractivity contribution in [2.24, 2.45) is 0 Å². The van der Waals surface area contributed by atoms with E-state index in [2.05, 4.69) is 51.8 Å². The Labute approximate surface area is 194 Å². The van der Waals surface area contributed by atoms with E-state index in [0.29, 0.717) is 35.4 Å². The van der Waals surface area contributed by atoms with Crippen molar-refractivity contribution >= 4 is 50.4 Å². The molecule has 1 saturated carbocycles. The number of carbonyl (C=O) groups excluding carboxylic acids is 1. The summed E-state index contributed by atoms with van der Waals surface area (Å²) >= 11 is 3.48. The number of hydrogen-bond acceptors (Lipinski definition) is 9. The molecule has 1 aliphatic carbocycles. The Bertz CT molecular complexity index is 1070. The van der Waals surface area contributed by atoms with Gasteiger partial charge in [-0.25, -0.2) is 19.9 Å². The van der Waals surface area contributed by atoms with Crippen LogP contribution in [0.25, 0.3) is 11.0 Å². The van der Waals surface area contributed by atoms with Crippen LogP contribution in [0.2, 0.25) is 0 Å². The molecule has 10 heteroatoms. The lowest BCUT2D eigenvalue weighted by atomic mass is 9.91. The smallest absolute Gasteiger partial charge is 0.319 e. The number of esters is 1. The van der Waals surface area contributed by atoms with Crippen molar-refractivity contribution in [2.75, 3.05) is 23.8 Å². The lowest BCUT2D eigenvalue weighted by Gasteiger charge is -2.29. The fourth-order valence-corrected chi connectivity index (χ4v) is 4.18. The number of benzene rings is 1. The van der Waals surface area contributed by atoms with Crippen LogP contribution in [0.5, 0.6) is 0 Å². The van der Waals surface area contributed by atoms with E-state index in [-0.39, 0.29) is 18.6 Å². The Morgan fingerprint density at radius 3 is 2.75 bits per heavy atom. The number of rotatable bonds is 8. The minimum atomic E-state index is -0.202. The lowest BCUT2D eigenvalue weighted by molar-refractivity contribution is -0.142. The first-order valence-electron chi connectivity index (χ1n) is 10.8. The maximum Gasteiger partial charge on any atom is 0.319 e. The highest BCUT2D eigenvalue weighted by atomic mass is 79.9. The average Bonchev–Trinajstić information content (AvgIpc) is 2.79. The van der Waals surface area contributed by atoms with Gasteiger partial charge in [-0.05, 0) is 50.8 Å². The first-order chi connectivity index (χ1) is 15.6. The van der Waals surface area contributed by atoms with E-state index >= 15 is 0 Å². The van der Waals surface area contributed by atoms with Gasteiger partial charge in [0.2, 0.25) is 5.95 Å². The molecule has 1 aliphatic rings. The van der Waals surface area contributed by atoms with E-state index < -0.39 is 0 Å². The number of anilines is 3. The van der Waals surface area contributed by atoms with Crippen LogP contribution in [-0.2, 0) is 9.53 Å². The summed E-state index contributed by atoms with van der Waals surface area (Å²) in [5.41, 5.74) is 2.24. The zero-order valence-electron chi connectivity index (χ0n) is 17.8. The summed E-state index contributed by atoms with van der Waals surface area (Å²) in [6.07, 6.45) is 7.11. The number of hydrogen-bond donors (Lipinski definition) is 3. The second kappa shape index (κ2) is 10.6. The van der Waals surface area contributed by atoms with Crippen LogP contribution in [0.4, 0.5) is 17.5 Å². The monoisotopic (exact) mass is 499 g/mol. The number of carbonyl (C=O) groups is 1. The van der Waals surface area contributed by atoms with Gasteiger partial charge < -0.3 is 20.7 Å². The molecule has 0 spiro atoms. The summed E-state index contributed by atoms with van der Waals surface area (Å²) in [5, 5.41) is 10.0. The molecule has 0 aliphatic heterocycles. The minimum absolute atomic E-state index is 0.202. The van der Waals surface area contributed by atoms with Gasteiger partial charge in [0.25, 0.3) is 0 Å². The number of nitrogens with zero attached hydrogens (tertiary/aromatic N) is 4. The molecule has 0 unspecified atom stereocenters. The van der Waals surface area contributed by atoms with E-state index in [1.54, 1.807) is 6.20 Å². The molecule has 2 aromatic heterocycles. The topological polar surface area (TPSA) is 114 Å². The fourth-order valence-electron chi connectivity index (χ4n) is 3.78. The number of aromatic nitrogens is 4. The van der Waals surface area contributed by atoms with Crippen molar-refractivity contribution in [3.05, 3.63) is 41.3 Å². The van der Waals surface area contributed by atoms with E-state index in [0.717, 1.165) is 35.8 Å². The second-order valence-electron chi connectivity index (χ2n) is 7.66. The van der Waals surface area contributed by atoms with E-state index in [1.807, 2.05) is 31.2 Å². The normalized spacial score (nSPS) is 18.3.